The summed E-state index contributed by atoms with van der Waals surface area (Å²) in [5.41, 5.74) is 0.0901. The molecule has 1 aromatic carbocycles. The Bertz CT molecular complexity index is 621. The van der Waals surface area contributed by atoms with Crippen molar-refractivity contribution in [3.05, 3.63) is 59.9 Å². The second-order valence-electron chi connectivity index (χ2n) is 5.09. The molecular weight excluding hydrogens is 321 g/mol. The van der Waals surface area contributed by atoms with E-state index in [1.807, 2.05) is 30.3 Å². The highest BCUT2D eigenvalue weighted by Gasteiger charge is 2.34. The van der Waals surface area contributed by atoms with E-state index in [2.05, 4.69) is 10.3 Å². The molecule has 0 radical (unpaired) electrons. The standard InChI is InChI=1S/C17H19F3N2O2/c1-23-10-9-22-15(13-5-3-2-4-6-13)12-24-16-11-21-8-7-14(16)17(18,19)20/h2-8,11,15,22H,9-10,12H2,1H3. The number of nitrogens with one attached hydrogen (secondary N) is 1. The van der Waals surface area contributed by atoms with Crippen molar-refractivity contribution >= 4 is 0 Å². The van der Waals surface area contributed by atoms with Gasteiger partial charge in [0.1, 0.15) is 17.9 Å². The van der Waals surface area contributed by atoms with E-state index < -0.39 is 11.7 Å². The molecule has 0 aliphatic carbocycles. The van der Waals surface area contributed by atoms with Crippen LogP contribution in [-0.4, -0.2) is 31.9 Å². The van der Waals surface area contributed by atoms with E-state index in [-0.39, 0.29) is 18.4 Å². The Hall–Kier alpha value is -2.12. The average molecular weight is 340 g/mol. The Balaban J connectivity index is 2.11. The number of halogens is 3. The maximum absolute atomic E-state index is 13.0. The molecule has 0 bridgehead atoms. The molecule has 24 heavy (non-hydrogen) atoms. The summed E-state index contributed by atoms with van der Waals surface area (Å²) in [4.78, 5) is 3.72. The van der Waals surface area contributed by atoms with Gasteiger partial charge in [0.25, 0.3) is 0 Å². The molecule has 0 saturated heterocycles. The highest BCUT2D eigenvalue weighted by atomic mass is 19.4. The monoisotopic (exact) mass is 340 g/mol. The van der Waals surface area contributed by atoms with Crippen LogP contribution in [0.25, 0.3) is 0 Å². The molecule has 7 heteroatoms. The van der Waals surface area contributed by atoms with Gasteiger partial charge in [0.2, 0.25) is 0 Å². The van der Waals surface area contributed by atoms with Gasteiger partial charge in [0.05, 0.1) is 18.8 Å². The van der Waals surface area contributed by atoms with Gasteiger partial charge in [-0.25, -0.2) is 0 Å². The lowest BCUT2D eigenvalue weighted by atomic mass is 10.1. The Kier molecular flexibility index (Phi) is 6.57. The second-order valence-corrected chi connectivity index (χ2v) is 5.09. The van der Waals surface area contributed by atoms with Gasteiger partial charge in [0.15, 0.2) is 0 Å². The third-order valence-electron chi connectivity index (χ3n) is 3.39. The van der Waals surface area contributed by atoms with Crippen LogP contribution in [0, 0.1) is 0 Å². The molecule has 1 unspecified atom stereocenters. The van der Waals surface area contributed by atoms with E-state index in [0.29, 0.717) is 13.2 Å². The Morgan fingerprint density at radius 2 is 1.92 bits per heavy atom. The minimum atomic E-state index is -4.48. The van der Waals surface area contributed by atoms with Gasteiger partial charge in [-0.3, -0.25) is 4.98 Å². The molecular formula is C17H19F3N2O2. The summed E-state index contributed by atoms with van der Waals surface area (Å²) in [5.74, 6) is -0.278. The van der Waals surface area contributed by atoms with Crippen LogP contribution in [0.3, 0.4) is 0 Å². The number of alkyl halides is 3. The Morgan fingerprint density at radius 3 is 2.58 bits per heavy atom. The number of rotatable bonds is 8. The van der Waals surface area contributed by atoms with E-state index >= 15 is 0 Å². The lowest BCUT2D eigenvalue weighted by molar-refractivity contribution is -0.139. The number of aromatic nitrogens is 1. The third-order valence-corrected chi connectivity index (χ3v) is 3.39. The molecule has 2 aromatic rings. The van der Waals surface area contributed by atoms with Crippen molar-refractivity contribution in [2.24, 2.45) is 0 Å². The van der Waals surface area contributed by atoms with Crippen molar-refractivity contribution in [3.8, 4) is 5.75 Å². The summed E-state index contributed by atoms with van der Waals surface area (Å²) in [6.07, 6.45) is -2.30. The molecule has 1 aromatic heterocycles. The fraction of sp³-hybridized carbons (Fsp3) is 0.353. The fourth-order valence-corrected chi connectivity index (χ4v) is 2.20. The predicted octanol–water partition coefficient (Wildman–Crippen LogP) is 3.46. The maximum atomic E-state index is 13.0. The van der Waals surface area contributed by atoms with Gasteiger partial charge in [-0.05, 0) is 11.6 Å². The number of methoxy groups -OCH3 is 1. The van der Waals surface area contributed by atoms with Crippen LogP contribution in [0.15, 0.2) is 48.8 Å². The molecule has 0 fully saturated rings. The number of pyridine rings is 1. The van der Waals surface area contributed by atoms with Crippen LogP contribution in [0.2, 0.25) is 0 Å². The SMILES string of the molecule is COCCNC(COc1cnccc1C(F)(F)F)c1ccccc1. The third kappa shape index (κ3) is 5.21. The van der Waals surface area contributed by atoms with E-state index in [9.17, 15) is 13.2 Å². The van der Waals surface area contributed by atoms with Gasteiger partial charge in [-0.2, -0.15) is 13.2 Å². The van der Waals surface area contributed by atoms with E-state index in [1.54, 1.807) is 7.11 Å². The molecule has 2 rings (SSSR count). The first-order valence-corrected chi connectivity index (χ1v) is 7.43. The number of hydrogen-bond acceptors (Lipinski definition) is 4. The summed E-state index contributed by atoms with van der Waals surface area (Å²) in [6, 6.07) is 10.0. The number of hydrogen-bond donors (Lipinski definition) is 1. The molecule has 0 aliphatic rings. The molecule has 0 amide bonds. The second kappa shape index (κ2) is 8.65. The quantitative estimate of drug-likeness (QED) is 0.748. The van der Waals surface area contributed by atoms with Crippen LogP contribution >= 0.6 is 0 Å². The smallest absolute Gasteiger partial charge is 0.420 e. The van der Waals surface area contributed by atoms with Gasteiger partial charge in [0, 0.05) is 19.9 Å². The largest absolute Gasteiger partial charge is 0.489 e. The molecule has 0 aliphatic heterocycles. The van der Waals surface area contributed by atoms with Crippen LogP contribution in [0.4, 0.5) is 13.2 Å². The molecule has 130 valence electrons. The summed E-state index contributed by atoms with van der Waals surface area (Å²) >= 11 is 0. The van der Waals surface area contributed by atoms with E-state index in [1.165, 1.54) is 0 Å². The number of nitrogens with zero attached hydrogens (tertiary/aromatic N) is 1. The summed E-state index contributed by atoms with van der Waals surface area (Å²) in [6.45, 7) is 1.09. The van der Waals surface area contributed by atoms with Crippen LogP contribution < -0.4 is 10.1 Å². The zero-order valence-corrected chi connectivity index (χ0v) is 13.2. The van der Waals surface area contributed by atoms with Gasteiger partial charge in [-0.15, -0.1) is 0 Å². The minimum Gasteiger partial charge on any atom is -0.489 e. The van der Waals surface area contributed by atoms with Crippen molar-refractivity contribution < 1.29 is 22.6 Å². The minimum absolute atomic E-state index is 0.0441. The normalized spacial score (nSPS) is 12.8. The number of ether oxygens (including phenoxy) is 2. The number of benzene rings is 1. The van der Waals surface area contributed by atoms with Crippen molar-refractivity contribution in [1.29, 1.82) is 0 Å². The lowest BCUT2D eigenvalue weighted by Crippen LogP contribution is -2.30. The first-order valence-electron chi connectivity index (χ1n) is 7.43. The van der Waals surface area contributed by atoms with Crippen molar-refractivity contribution in [3.63, 3.8) is 0 Å². The first-order chi connectivity index (χ1) is 11.5. The molecule has 4 nitrogen and oxygen atoms in total. The topological polar surface area (TPSA) is 43.4 Å². The van der Waals surface area contributed by atoms with Gasteiger partial charge in [-0.1, -0.05) is 30.3 Å². The van der Waals surface area contributed by atoms with E-state index in [4.69, 9.17) is 9.47 Å². The van der Waals surface area contributed by atoms with Crippen molar-refractivity contribution in [2.45, 2.75) is 12.2 Å². The van der Waals surface area contributed by atoms with Crippen LogP contribution in [0.5, 0.6) is 5.75 Å². The Labute approximate surface area is 138 Å². The fourth-order valence-electron chi connectivity index (χ4n) is 2.20. The molecule has 0 spiro atoms. The first kappa shape index (κ1) is 18.2. The van der Waals surface area contributed by atoms with Gasteiger partial charge < -0.3 is 14.8 Å². The van der Waals surface area contributed by atoms with Crippen LogP contribution in [0.1, 0.15) is 17.2 Å². The zero-order valence-electron chi connectivity index (χ0n) is 13.2. The van der Waals surface area contributed by atoms with Gasteiger partial charge >= 0.3 is 6.18 Å². The highest BCUT2D eigenvalue weighted by molar-refractivity contribution is 5.32. The summed E-state index contributed by atoms with van der Waals surface area (Å²) in [7, 11) is 1.58. The van der Waals surface area contributed by atoms with E-state index in [0.717, 1.165) is 24.0 Å². The summed E-state index contributed by atoms with van der Waals surface area (Å²) < 4.78 is 49.4. The van der Waals surface area contributed by atoms with Crippen LogP contribution in [-0.2, 0) is 10.9 Å². The zero-order chi connectivity index (χ0) is 17.4. The lowest BCUT2D eigenvalue weighted by Gasteiger charge is -2.21. The molecule has 1 N–H and O–H groups in total. The van der Waals surface area contributed by atoms with Crippen molar-refractivity contribution in [2.75, 3.05) is 26.9 Å². The molecule has 1 heterocycles. The van der Waals surface area contributed by atoms with Crippen molar-refractivity contribution in [1.82, 2.24) is 10.3 Å². The highest BCUT2D eigenvalue weighted by Crippen LogP contribution is 2.35. The molecule has 0 saturated carbocycles. The predicted molar refractivity (Wildman–Crippen MR) is 83.8 cm³/mol. The average Bonchev–Trinajstić information content (AvgIpc) is 2.58. The molecule has 1 atom stereocenters. The summed E-state index contributed by atoms with van der Waals surface area (Å²) in [5, 5.41) is 3.21. The Morgan fingerprint density at radius 1 is 1.17 bits per heavy atom. The maximum Gasteiger partial charge on any atom is 0.420 e.